The predicted octanol–water partition coefficient (Wildman–Crippen LogP) is 12.4. The number of rotatable bonds is 3. The molecule has 0 spiro atoms. The SMILES string of the molecule is Brc1cccc([CH]=[Zr+2])c1.CC(C)(C)c1cc2c([c-]c1-c1ccccc1)Cc1cc(-c3ccccc3)c(C(C)(C)C)cc1-2.[C-]1=CC=CC1. The second-order valence-corrected chi connectivity index (χ2v) is 15.7. The normalized spacial score (nSPS) is 12.8. The average molecular weight is 755 g/mol. The van der Waals surface area contributed by atoms with Crippen molar-refractivity contribution in [1.82, 2.24) is 0 Å². The minimum absolute atomic E-state index is 0.0380. The molecule has 0 saturated heterocycles. The van der Waals surface area contributed by atoms with Crippen LogP contribution in [-0.4, -0.2) is 3.71 Å². The molecule has 0 amide bonds. The summed E-state index contributed by atoms with van der Waals surface area (Å²) in [4.78, 5) is 0. The van der Waals surface area contributed by atoms with Crippen molar-refractivity contribution in [1.29, 1.82) is 0 Å². The maximum atomic E-state index is 3.88. The minimum atomic E-state index is 0.0380. The molecule has 0 heterocycles. The summed E-state index contributed by atoms with van der Waals surface area (Å²) in [5.74, 6) is 0. The Morgan fingerprint density at radius 3 is 1.83 bits per heavy atom. The molecule has 0 saturated carbocycles. The molecule has 2 heteroatoms. The van der Waals surface area contributed by atoms with E-state index in [0.717, 1.165) is 17.3 Å². The van der Waals surface area contributed by atoms with E-state index in [1.807, 2.05) is 24.3 Å². The van der Waals surface area contributed by atoms with E-state index in [-0.39, 0.29) is 10.8 Å². The van der Waals surface area contributed by atoms with Gasteiger partial charge in [0, 0.05) is 0 Å². The van der Waals surface area contributed by atoms with Gasteiger partial charge in [0.25, 0.3) is 0 Å². The van der Waals surface area contributed by atoms with Gasteiger partial charge < -0.3 is 0 Å². The Morgan fingerprint density at radius 2 is 1.32 bits per heavy atom. The van der Waals surface area contributed by atoms with E-state index in [1.54, 1.807) is 0 Å². The van der Waals surface area contributed by atoms with Gasteiger partial charge in [0.05, 0.1) is 0 Å². The van der Waals surface area contributed by atoms with Crippen molar-refractivity contribution in [2.75, 3.05) is 0 Å². The third-order valence-electron chi connectivity index (χ3n) is 8.42. The summed E-state index contributed by atoms with van der Waals surface area (Å²) in [6.07, 6.45) is 10.9. The van der Waals surface area contributed by atoms with Crippen LogP contribution in [0.5, 0.6) is 0 Å². The van der Waals surface area contributed by atoms with Gasteiger partial charge in [0.15, 0.2) is 0 Å². The van der Waals surface area contributed by atoms with Crippen molar-refractivity contribution >= 4 is 19.6 Å². The van der Waals surface area contributed by atoms with Crippen LogP contribution in [-0.2, 0) is 41.5 Å². The fourth-order valence-corrected chi connectivity index (χ4v) is 6.90. The third-order valence-corrected chi connectivity index (χ3v) is 9.74. The van der Waals surface area contributed by atoms with Crippen LogP contribution < -0.4 is 0 Å². The van der Waals surface area contributed by atoms with Gasteiger partial charge >= 0.3 is 78.2 Å². The Labute approximate surface area is 306 Å². The second-order valence-electron chi connectivity index (χ2n) is 14.1. The van der Waals surface area contributed by atoms with Gasteiger partial charge in [0.2, 0.25) is 0 Å². The van der Waals surface area contributed by atoms with Gasteiger partial charge in [-0.1, -0.05) is 131 Å². The van der Waals surface area contributed by atoms with Crippen LogP contribution in [0.1, 0.15) is 75.8 Å². The maximum Gasteiger partial charge on any atom is -0.0126 e. The molecule has 7 rings (SSSR count). The molecule has 0 aliphatic heterocycles. The second kappa shape index (κ2) is 15.4. The van der Waals surface area contributed by atoms with Crippen molar-refractivity contribution in [2.45, 2.75) is 65.2 Å². The van der Waals surface area contributed by atoms with Gasteiger partial charge in [-0.05, 0) is 39.5 Å². The molecular formula is C45H43BrZr. The average Bonchev–Trinajstić information content (AvgIpc) is 3.76. The van der Waals surface area contributed by atoms with Crippen molar-refractivity contribution in [3.8, 4) is 33.4 Å². The Hall–Kier alpha value is -3.19. The van der Waals surface area contributed by atoms with Gasteiger partial charge in [-0.3, -0.25) is 6.08 Å². The summed E-state index contributed by atoms with van der Waals surface area (Å²) in [5.41, 5.74) is 14.8. The zero-order valence-electron chi connectivity index (χ0n) is 28.4. The van der Waals surface area contributed by atoms with E-state index in [1.165, 1.54) is 85.4 Å². The van der Waals surface area contributed by atoms with Crippen molar-refractivity contribution in [3.05, 3.63) is 166 Å². The van der Waals surface area contributed by atoms with Crippen LogP contribution in [0.25, 0.3) is 33.4 Å². The first-order valence-corrected chi connectivity index (χ1v) is 18.5. The van der Waals surface area contributed by atoms with Crippen LogP contribution in [0, 0.1) is 12.1 Å². The zero-order chi connectivity index (χ0) is 33.6. The molecular weight excluding hydrogens is 712 g/mol. The Morgan fingerprint density at radius 1 is 0.681 bits per heavy atom. The Kier molecular flexibility index (Phi) is 11.5. The van der Waals surface area contributed by atoms with Crippen molar-refractivity contribution in [2.24, 2.45) is 0 Å². The van der Waals surface area contributed by atoms with Crippen LogP contribution in [0.3, 0.4) is 0 Å². The maximum absolute atomic E-state index is 3.88. The number of hydrogen-bond donors (Lipinski definition) is 0. The molecule has 0 unspecified atom stereocenters. The molecule has 0 bridgehead atoms. The number of allylic oxidation sites excluding steroid dienone is 4. The zero-order valence-corrected chi connectivity index (χ0v) is 32.5. The van der Waals surface area contributed by atoms with E-state index in [9.17, 15) is 0 Å². The summed E-state index contributed by atoms with van der Waals surface area (Å²) in [5, 5.41) is 0. The topological polar surface area (TPSA) is 0 Å². The Bertz CT molecular complexity index is 1780. The first-order chi connectivity index (χ1) is 22.5. The predicted molar refractivity (Wildman–Crippen MR) is 203 cm³/mol. The molecule has 5 aromatic rings. The first-order valence-electron chi connectivity index (χ1n) is 16.3. The summed E-state index contributed by atoms with van der Waals surface area (Å²) >= 11 is 4.84. The fraction of sp³-hybridized carbons (Fsp3) is 0.222. The summed E-state index contributed by atoms with van der Waals surface area (Å²) < 4.78 is 3.32. The van der Waals surface area contributed by atoms with Crippen molar-refractivity contribution < 1.29 is 24.2 Å². The number of benzene rings is 5. The molecule has 234 valence electrons. The standard InChI is InChI=1S/C33H33.C7H5Br.C5H5.Zr/c1-32(2,3)30-20-26-24(18-28(30)22-13-9-7-10-14-22)17-25-19-29(23-15-11-8-12-16-23)31(21-27(25)26)33(4,5)6;1-6-3-2-4-7(8)5-6;1-2-4-5-3-1;/h7-16,18,20-21H,17H2,1-6H3;1-5H;1-3H,4H2;/q-1;;-1;+2. The number of hydrogen-bond acceptors (Lipinski definition) is 0. The van der Waals surface area contributed by atoms with Crippen LogP contribution >= 0.6 is 15.9 Å². The molecule has 0 N–H and O–H groups in total. The molecule has 47 heavy (non-hydrogen) atoms. The molecule has 2 aliphatic carbocycles. The molecule has 5 aromatic carbocycles. The van der Waals surface area contributed by atoms with Gasteiger partial charge in [-0.25, -0.2) is 12.2 Å². The molecule has 0 nitrogen and oxygen atoms in total. The van der Waals surface area contributed by atoms with Gasteiger partial charge in [-0.15, -0.1) is 35.2 Å². The summed E-state index contributed by atoms with van der Waals surface area (Å²) in [7, 11) is 0. The van der Waals surface area contributed by atoms with Gasteiger partial charge in [-0.2, -0.15) is 6.08 Å². The van der Waals surface area contributed by atoms with Crippen LogP contribution in [0.2, 0.25) is 0 Å². The van der Waals surface area contributed by atoms with Crippen LogP contribution in [0.15, 0.2) is 126 Å². The molecule has 0 radical (unpaired) electrons. The van der Waals surface area contributed by atoms with E-state index in [0.29, 0.717) is 0 Å². The van der Waals surface area contributed by atoms with Crippen LogP contribution in [0.4, 0.5) is 0 Å². The number of fused-ring (bicyclic) bond motifs is 3. The molecule has 0 atom stereocenters. The summed E-state index contributed by atoms with van der Waals surface area (Å²) in [6, 6.07) is 41.1. The quantitative estimate of drug-likeness (QED) is 0.158. The molecule has 0 aromatic heterocycles. The Balaban J connectivity index is 0.000000255. The van der Waals surface area contributed by atoms with Crippen molar-refractivity contribution in [3.63, 3.8) is 0 Å². The monoisotopic (exact) mass is 752 g/mol. The fourth-order valence-electron chi connectivity index (χ4n) is 6.04. The minimum Gasteiger partial charge on any atom is -0.273 e. The smallest absolute Gasteiger partial charge is 0.0126 e. The van der Waals surface area contributed by atoms with E-state index in [2.05, 4.69) is 170 Å². The summed E-state index contributed by atoms with van der Waals surface area (Å²) in [6.45, 7) is 13.9. The van der Waals surface area contributed by atoms with E-state index < -0.39 is 0 Å². The van der Waals surface area contributed by atoms with Gasteiger partial charge in [0.1, 0.15) is 0 Å². The third kappa shape index (κ3) is 8.84. The molecule has 2 aliphatic rings. The van der Waals surface area contributed by atoms with E-state index in [4.69, 9.17) is 0 Å². The first kappa shape index (κ1) is 35.1. The molecule has 0 fully saturated rings. The largest absolute Gasteiger partial charge is 0.273 e. The number of halogens is 1. The van der Waals surface area contributed by atoms with E-state index >= 15 is 0 Å².